The quantitative estimate of drug-likeness (QED) is 0.798. The Labute approximate surface area is 161 Å². The lowest BCUT2D eigenvalue weighted by Gasteiger charge is -2.31. The number of carbonyl (C=O) groups excluding carboxylic acids is 1. The minimum absolute atomic E-state index is 0.0438. The van der Waals surface area contributed by atoms with E-state index in [1.54, 1.807) is 6.08 Å². The Bertz CT molecular complexity index is 777. The van der Waals surface area contributed by atoms with Crippen LogP contribution in [0.2, 0.25) is 0 Å². The van der Waals surface area contributed by atoms with Crippen LogP contribution in [0.4, 0.5) is 0 Å². The smallest absolute Gasteiger partial charge is 0.244 e. The maximum atomic E-state index is 12.6. The van der Waals surface area contributed by atoms with Crippen molar-refractivity contribution in [1.29, 1.82) is 0 Å². The Kier molecular flexibility index (Phi) is 6.80. The molecule has 142 valence electrons. The number of hydrogen-bond acceptors (Lipinski definition) is 3. The standard InChI is InChI=1S/C23H28N2O2/c1-18-7-9-21(10-8-18)22(17-25-13-15-27-16-14-25)24-23(26)12-11-20-6-4-3-5-19(20)2/h3-12,22H,13-17H2,1-2H3,(H,24,26)/b12-11+/t22-/m1/s1. The Morgan fingerprint density at radius 1 is 1.11 bits per heavy atom. The summed E-state index contributed by atoms with van der Waals surface area (Å²) in [6.45, 7) is 8.21. The van der Waals surface area contributed by atoms with Gasteiger partial charge in [-0.1, -0.05) is 54.1 Å². The van der Waals surface area contributed by atoms with Crippen molar-refractivity contribution in [1.82, 2.24) is 10.2 Å². The van der Waals surface area contributed by atoms with Gasteiger partial charge < -0.3 is 10.1 Å². The van der Waals surface area contributed by atoms with Crippen molar-refractivity contribution in [3.05, 3.63) is 76.9 Å². The second-order valence-corrected chi connectivity index (χ2v) is 7.07. The van der Waals surface area contributed by atoms with Crippen molar-refractivity contribution in [3.63, 3.8) is 0 Å². The molecule has 1 saturated heterocycles. The van der Waals surface area contributed by atoms with Gasteiger partial charge in [0.25, 0.3) is 0 Å². The van der Waals surface area contributed by atoms with E-state index >= 15 is 0 Å². The van der Waals surface area contributed by atoms with E-state index in [9.17, 15) is 4.79 Å². The number of morpholine rings is 1. The molecule has 0 aliphatic carbocycles. The van der Waals surface area contributed by atoms with Crippen molar-refractivity contribution < 1.29 is 9.53 Å². The molecule has 0 aromatic heterocycles. The first-order valence-electron chi connectivity index (χ1n) is 9.53. The third kappa shape index (κ3) is 5.78. The van der Waals surface area contributed by atoms with Crippen LogP contribution in [0.1, 0.15) is 28.3 Å². The van der Waals surface area contributed by atoms with Crippen LogP contribution in [0.3, 0.4) is 0 Å². The van der Waals surface area contributed by atoms with Gasteiger partial charge in [-0.15, -0.1) is 0 Å². The zero-order valence-corrected chi connectivity index (χ0v) is 16.2. The molecule has 0 spiro atoms. The van der Waals surface area contributed by atoms with E-state index in [1.807, 2.05) is 37.3 Å². The van der Waals surface area contributed by atoms with Crippen molar-refractivity contribution in [2.75, 3.05) is 32.8 Å². The lowest BCUT2D eigenvalue weighted by Crippen LogP contribution is -2.42. The van der Waals surface area contributed by atoms with E-state index < -0.39 is 0 Å². The van der Waals surface area contributed by atoms with E-state index in [1.165, 1.54) is 5.56 Å². The average molecular weight is 364 g/mol. The van der Waals surface area contributed by atoms with Crippen molar-refractivity contribution in [3.8, 4) is 0 Å². The number of aryl methyl sites for hydroxylation is 2. The van der Waals surface area contributed by atoms with Crippen LogP contribution in [-0.4, -0.2) is 43.7 Å². The van der Waals surface area contributed by atoms with Crippen molar-refractivity contribution in [2.24, 2.45) is 0 Å². The topological polar surface area (TPSA) is 41.6 Å². The van der Waals surface area contributed by atoms with Crippen LogP contribution in [0.15, 0.2) is 54.6 Å². The first-order valence-corrected chi connectivity index (χ1v) is 9.53. The SMILES string of the molecule is Cc1ccc([C@@H](CN2CCOCC2)NC(=O)/C=C/c2ccccc2C)cc1. The molecule has 27 heavy (non-hydrogen) atoms. The fourth-order valence-corrected chi connectivity index (χ4v) is 3.23. The first kappa shape index (κ1) is 19.3. The lowest BCUT2D eigenvalue weighted by atomic mass is 10.0. The second-order valence-electron chi connectivity index (χ2n) is 7.07. The summed E-state index contributed by atoms with van der Waals surface area (Å²) in [6, 6.07) is 16.4. The van der Waals surface area contributed by atoms with Gasteiger partial charge in [0.05, 0.1) is 19.3 Å². The van der Waals surface area contributed by atoms with Crippen molar-refractivity contribution >= 4 is 12.0 Å². The molecular weight excluding hydrogens is 336 g/mol. The molecule has 0 unspecified atom stereocenters. The van der Waals surface area contributed by atoms with E-state index in [4.69, 9.17) is 4.74 Å². The molecule has 0 saturated carbocycles. The highest BCUT2D eigenvalue weighted by atomic mass is 16.5. The molecule has 1 heterocycles. The third-order valence-corrected chi connectivity index (χ3v) is 4.94. The monoisotopic (exact) mass is 364 g/mol. The molecule has 0 radical (unpaired) electrons. The lowest BCUT2D eigenvalue weighted by molar-refractivity contribution is -0.117. The number of ether oxygens (including phenoxy) is 1. The Balaban J connectivity index is 1.70. The van der Waals surface area contributed by atoms with Crippen LogP contribution in [0, 0.1) is 13.8 Å². The number of amides is 1. The second kappa shape index (κ2) is 9.49. The molecule has 1 N–H and O–H groups in total. The molecule has 1 fully saturated rings. The number of nitrogens with one attached hydrogen (secondary N) is 1. The van der Waals surface area contributed by atoms with Crippen LogP contribution in [-0.2, 0) is 9.53 Å². The summed E-state index contributed by atoms with van der Waals surface area (Å²) in [6.07, 6.45) is 3.51. The highest BCUT2D eigenvalue weighted by Crippen LogP contribution is 2.17. The van der Waals surface area contributed by atoms with Gasteiger partial charge in [0.2, 0.25) is 5.91 Å². The molecule has 4 nitrogen and oxygen atoms in total. The Hall–Kier alpha value is -2.43. The van der Waals surface area contributed by atoms with Crippen LogP contribution >= 0.6 is 0 Å². The normalized spacial score (nSPS) is 16.4. The number of carbonyl (C=O) groups is 1. The highest BCUT2D eigenvalue weighted by Gasteiger charge is 2.19. The highest BCUT2D eigenvalue weighted by molar-refractivity contribution is 5.92. The zero-order chi connectivity index (χ0) is 19.1. The molecular formula is C23H28N2O2. The van der Waals surface area contributed by atoms with Gasteiger partial charge in [-0.2, -0.15) is 0 Å². The summed E-state index contributed by atoms with van der Waals surface area (Å²) in [7, 11) is 0. The Morgan fingerprint density at radius 2 is 1.81 bits per heavy atom. The molecule has 1 atom stereocenters. The molecule has 1 amide bonds. The van der Waals surface area contributed by atoms with Crippen LogP contribution < -0.4 is 5.32 Å². The number of hydrogen-bond donors (Lipinski definition) is 1. The number of rotatable bonds is 6. The predicted octanol–water partition coefficient (Wildman–Crippen LogP) is 3.51. The molecule has 1 aliphatic rings. The van der Waals surface area contributed by atoms with Gasteiger partial charge in [0.15, 0.2) is 0 Å². The molecule has 1 aliphatic heterocycles. The van der Waals surface area contributed by atoms with E-state index in [0.29, 0.717) is 0 Å². The van der Waals surface area contributed by atoms with Crippen LogP contribution in [0.5, 0.6) is 0 Å². The third-order valence-electron chi connectivity index (χ3n) is 4.94. The molecule has 3 rings (SSSR count). The van der Waals surface area contributed by atoms with Gasteiger partial charge in [0, 0.05) is 25.7 Å². The number of benzene rings is 2. The number of nitrogens with zero attached hydrogens (tertiary/aromatic N) is 1. The first-order chi connectivity index (χ1) is 13.1. The summed E-state index contributed by atoms with van der Waals surface area (Å²) in [5.41, 5.74) is 4.57. The molecule has 4 heteroatoms. The van der Waals surface area contributed by atoms with Gasteiger partial charge >= 0.3 is 0 Å². The van der Waals surface area contributed by atoms with Gasteiger partial charge in [-0.3, -0.25) is 9.69 Å². The maximum Gasteiger partial charge on any atom is 0.244 e. The van der Waals surface area contributed by atoms with Gasteiger partial charge in [-0.25, -0.2) is 0 Å². The maximum absolute atomic E-state index is 12.6. The fraction of sp³-hybridized carbons (Fsp3) is 0.348. The van der Waals surface area contributed by atoms with E-state index in [-0.39, 0.29) is 11.9 Å². The van der Waals surface area contributed by atoms with E-state index in [0.717, 1.165) is 49.5 Å². The van der Waals surface area contributed by atoms with Gasteiger partial charge in [-0.05, 0) is 36.6 Å². The summed E-state index contributed by atoms with van der Waals surface area (Å²) in [4.78, 5) is 14.9. The average Bonchev–Trinajstić information content (AvgIpc) is 2.68. The van der Waals surface area contributed by atoms with E-state index in [2.05, 4.69) is 41.4 Å². The molecule has 2 aromatic carbocycles. The minimum Gasteiger partial charge on any atom is -0.379 e. The summed E-state index contributed by atoms with van der Waals surface area (Å²) in [5.74, 6) is -0.0721. The largest absolute Gasteiger partial charge is 0.379 e. The minimum atomic E-state index is -0.0721. The van der Waals surface area contributed by atoms with Crippen molar-refractivity contribution in [2.45, 2.75) is 19.9 Å². The predicted molar refractivity (Wildman–Crippen MR) is 110 cm³/mol. The molecule has 0 bridgehead atoms. The summed E-state index contributed by atoms with van der Waals surface area (Å²) in [5, 5.41) is 3.18. The Morgan fingerprint density at radius 3 is 2.52 bits per heavy atom. The summed E-state index contributed by atoms with van der Waals surface area (Å²) < 4.78 is 5.44. The molecule has 2 aromatic rings. The van der Waals surface area contributed by atoms with Crippen LogP contribution in [0.25, 0.3) is 6.08 Å². The zero-order valence-electron chi connectivity index (χ0n) is 16.2. The summed E-state index contributed by atoms with van der Waals surface area (Å²) >= 11 is 0. The van der Waals surface area contributed by atoms with Gasteiger partial charge in [0.1, 0.15) is 0 Å². The fourth-order valence-electron chi connectivity index (χ4n) is 3.23.